The highest BCUT2D eigenvalue weighted by Crippen LogP contribution is 2.27. The van der Waals surface area contributed by atoms with Gasteiger partial charge in [-0.2, -0.15) is 0 Å². The van der Waals surface area contributed by atoms with Gasteiger partial charge >= 0.3 is 0 Å². The van der Waals surface area contributed by atoms with Crippen LogP contribution in [0.1, 0.15) is 21.6 Å². The molecule has 1 N–H and O–H groups in total. The Morgan fingerprint density at radius 1 is 1.17 bits per heavy atom. The molecule has 0 saturated carbocycles. The van der Waals surface area contributed by atoms with Crippen LogP contribution in [0.2, 0.25) is 0 Å². The Kier molecular flexibility index (Phi) is 5.63. The number of hydrogen-bond donors (Lipinski definition) is 1. The van der Waals surface area contributed by atoms with Crippen LogP contribution in [0.25, 0.3) is 22.6 Å². The van der Waals surface area contributed by atoms with Crippen molar-refractivity contribution in [1.82, 2.24) is 20.4 Å². The molecule has 3 aromatic heterocycles. The third kappa shape index (κ3) is 4.11. The van der Waals surface area contributed by atoms with Crippen molar-refractivity contribution in [3.63, 3.8) is 0 Å². The highest BCUT2D eigenvalue weighted by Gasteiger charge is 2.21. The summed E-state index contributed by atoms with van der Waals surface area (Å²) in [7, 11) is 4.03. The maximum absolute atomic E-state index is 13.2. The van der Waals surface area contributed by atoms with Gasteiger partial charge < -0.3 is 19.2 Å². The summed E-state index contributed by atoms with van der Waals surface area (Å²) in [6.45, 7) is 2.31. The number of likely N-dealkylation sites (N-methyl/N-ethyl adjacent to an activating group) is 1. The first kappa shape index (κ1) is 19.8. The number of furan rings is 1. The molecule has 1 atom stereocenters. The highest BCUT2D eigenvalue weighted by atomic mass is 16.5. The van der Waals surface area contributed by atoms with Crippen LogP contribution in [-0.2, 0) is 6.42 Å². The van der Waals surface area contributed by atoms with E-state index in [9.17, 15) is 4.79 Å². The largest absolute Gasteiger partial charge is 0.463 e. The normalized spacial score (nSPS) is 12.4. The minimum atomic E-state index is -0.193. The fourth-order valence-corrected chi connectivity index (χ4v) is 3.45. The number of hydrogen-bond acceptors (Lipinski definition) is 6. The van der Waals surface area contributed by atoms with Gasteiger partial charge in [-0.15, -0.1) is 0 Å². The average molecular weight is 404 g/mol. The van der Waals surface area contributed by atoms with Crippen LogP contribution in [-0.4, -0.2) is 47.6 Å². The summed E-state index contributed by atoms with van der Waals surface area (Å²) in [4.78, 5) is 19.7. The molecule has 0 radical (unpaired) electrons. The molecule has 7 heteroatoms. The van der Waals surface area contributed by atoms with E-state index in [1.54, 1.807) is 31.4 Å². The van der Waals surface area contributed by atoms with E-state index in [0.29, 0.717) is 40.4 Å². The first-order valence-electron chi connectivity index (χ1n) is 9.82. The summed E-state index contributed by atoms with van der Waals surface area (Å²) in [6, 6.07) is 15.7. The van der Waals surface area contributed by atoms with Crippen molar-refractivity contribution in [2.75, 3.05) is 20.6 Å². The number of aromatic nitrogens is 2. The number of carbonyl (C=O) groups is 1. The van der Waals surface area contributed by atoms with Gasteiger partial charge in [0.05, 0.1) is 22.9 Å². The molecule has 0 aliphatic carbocycles. The van der Waals surface area contributed by atoms with Crippen molar-refractivity contribution in [3.8, 4) is 11.5 Å². The molecule has 4 rings (SSSR count). The maximum atomic E-state index is 13.2. The minimum absolute atomic E-state index is 0.154. The Morgan fingerprint density at radius 3 is 2.67 bits per heavy atom. The first-order valence-corrected chi connectivity index (χ1v) is 9.82. The topological polar surface area (TPSA) is 84.4 Å². The van der Waals surface area contributed by atoms with Crippen molar-refractivity contribution >= 4 is 17.0 Å². The van der Waals surface area contributed by atoms with E-state index >= 15 is 0 Å². The van der Waals surface area contributed by atoms with Crippen LogP contribution in [0.4, 0.5) is 0 Å². The number of aryl methyl sites for hydroxylation is 1. The number of pyridine rings is 1. The van der Waals surface area contributed by atoms with E-state index in [0.717, 1.165) is 6.42 Å². The van der Waals surface area contributed by atoms with Crippen molar-refractivity contribution in [2.24, 2.45) is 0 Å². The predicted molar refractivity (Wildman–Crippen MR) is 114 cm³/mol. The maximum Gasteiger partial charge on any atom is 0.259 e. The third-order valence-corrected chi connectivity index (χ3v) is 5.18. The lowest BCUT2D eigenvalue weighted by Crippen LogP contribution is -2.41. The monoisotopic (exact) mass is 404 g/mol. The van der Waals surface area contributed by atoms with Crippen molar-refractivity contribution in [1.29, 1.82) is 0 Å². The van der Waals surface area contributed by atoms with Gasteiger partial charge in [0.15, 0.2) is 5.76 Å². The molecule has 0 aliphatic heterocycles. The van der Waals surface area contributed by atoms with E-state index in [1.165, 1.54) is 5.56 Å². The molecule has 1 unspecified atom stereocenters. The molecule has 3 heterocycles. The van der Waals surface area contributed by atoms with Crippen LogP contribution < -0.4 is 5.32 Å². The van der Waals surface area contributed by atoms with Gasteiger partial charge in [0.25, 0.3) is 11.6 Å². The summed E-state index contributed by atoms with van der Waals surface area (Å²) >= 11 is 0. The minimum Gasteiger partial charge on any atom is -0.463 e. The van der Waals surface area contributed by atoms with E-state index in [-0.39, 0.29) is 11.9 Å². The van der Waals surface area contributed by atoms with Gasteiger partial charge in [-0.25, -0.2) is 4.98 Å². The lowest BCUT2D eigenvalue weighted by atomic mass is 10.0. The number of nitrogens with zero attached hydrogens (tertiary/aromatic N) is 3. The Hall–Kier alpha value is -3.45. The molecule has 30 heavy (non-hydrogen) atoms. The highest BCUT2D eigenvalue weighted by molar-refractivity contribution is 6.06. The van der Waals surface area contributed by atoms with Crippen LogP contribution in [0.5, 0.6) is 0 Å². The second kappa shape index (κ2) is 8.51. The predicted octanol–water partition coefficient (Wildman–Crippen LogP) is 3.69. The number of fused-ring (bicyclic) bond motifs is 1. The summed E-state index contributed by atoms with van der Waals surface area (Å²) in [5, 5.41) is 7.68. The van der Waals surface area contributed by atoms with Crippen LogP contribution in [0, 0.1) is 6.92 Å². The molecule has 0 saturated heterocycles. The number of amides is 1. The quantitative estimate of drug-likeness (QED) is 0.506. The summed E-state index contributed by atoms with van der Waals surface area (Å²) in [6.07, 6.45) is 2.40. The Bertz CT molecular complexity index is 1130. The van der Waals surface area contributed by atoms with Crippen molar-refractivity contribution in [3.05, 3.63) is 71.6 Å². The van der Waals surface area contributed by atoms with Crippen molar-refractivity contribution in [2.45, 2.75) is 19.4 Å². The van der Waals surface area contributed by atoms with Gasteiger partial charge in [-0.1, -0.05) is 35.5 Å². The van der Waals surface area contributed by atoms with Crippen molar-refractivity contribution < 1.29 is 13.7 Å². The Morgan fingerprint density at radius 2 is 1.97 bits per heavy atom. The van der Waals surface area contributed by atoms with Gasteiger partial charge in [0.1, 0.15) is 5.69 Å². The zero-order valence-corrected chi connectivity index (χ0v) is 17.3. The molecule has 7 nitrogen and oxygen atoms in total. The second-order valence-electron chi connectivity index (χ2n) is 7.50. The molecule has 0 spiro atoms. The smallest absolute Gasteiger partial charge is 0.259 e. The van der Waals surface area contributed by atoms with Gasteiger partial charge in [0, 0.05) is 12.6 Å². The van der Waals surface area contributed by atoms with E-state index in [1.807, 2.05) is 32.3 Å². The Labute approximate surface area is 174 Å². The summed E-state index contributed by atoms with van der Waals surface area (Å²) in [5.74, 6) is 0.372. The lowest BCUT2D eigenvalue weighted by molar-refractivity contribution is 0.0943. The van der Waals surface area contributed by atoms with Gasteiger partial charge in [-0.05, 0) is 51.2 Å². The molecule has 1 amide bonds. The van der Waals surface area contributed by atoms with Crippen LogP contribution in [0.3, 0.4) is 0 Å². The fraction of sp³-hybridized carbons (Fsp3) is 0.261. The molecule has 154 valence electrons. The first-order chi connectivity index (χ1) is 14.5. The molecule has 0 aliphatic rings. The number of nitrogens with one attached hydrogen (secondary N) is 1. The summed E-state index contributed by atoms with van der Waals surface area (Å²) < 4.78 is 10.8. The Balaban J connectivity index is 1.58. The van der Waals surface area contributed by atoms with Crippen LogP contribution in [0.15, 0.2) is 63.7 Å². The molecular weight excluding hydrogens is 380 g/mol. The molecule has 4 aromatic rings. The standard InChI is InChI=1S/C23H24N4O3/c1-15-21-18(13-19(20-10-7-11-29-20)25-23(21)30-26-15)22(28)24-14-17(27(2)3)12-16-8-5-4-6-9-16/h4-11,13,17H,12,14H2,1-3H3,(H,24,28). The van der Waals surface area contributed by atoms with E-state index in [2.05, 4.69) is 32.5 Å². The third-order valence-electron chi connectivity index (χ3n) is 5.18. The van der Waals surface area contributed by atoms with E-state index in [4.69, 9.17) is 8.94 Å². The lowest BCUT2D eigenvalue weighted by Gasteiger charge is -2.25. The summed E-state index contributed by atoms with van der Waals surface area (Å²) in [5.41, 5.74) is 3.18. The molecule has 0 bridgehead atoms. The number of benzene rings is 1. The molecule has 1 aromatic carbocycles. The SMILES string of the molecule is Cc1noc2nc(-c3ccco3)cc(C(=O)NCC(Cc3ccccc3)N(C)C)c12. The zero-order chi connectivity index (χ0) is 21.1. The average Bonchev–Trinajstić information content (AvgIpc) is 3.41. The van der Waals surface area contributed by atoms with Gasteiger partial charge in [-0.3, -0.25) is 4.79 Å². The number of rotatable bonds is 7. The van der Waals surface area contributed by atoms with Gasteiger partial charge in [0.2, 0.25) is 0 Å². The zero-order valence-electron chi connectivity index (χ0n) is 17.3. The number of carbonyl (C=O) groups excluding carboxylic acids is 1. The van der Waals surface area contributed by atoms with Crippen LogP contribution >= 0.6 is 0 Å². The molecule has 0 fully saturated rings. The second-order valence-corrected chi connectivity index (χ2v) is 7.50. The molecular formula is C23H24N4O3. The van der Waals surface area contributed by atoms with E-state index < -0.39 is 0 Å². The fourth-order valence-electron chi connectivity index (χ4n) is 3.45.